The van der Waals surface area contributed by atoms with Gasteiger partial charge in [0.2, 0.25) is 15.8 Å². The highest BCUT2D eigenvalue weighted by Gasteiger charge is 2.34. The Balaban J connectivity index is 1.60. The van der Waals surface area contributed by atoms with Crippen LogP contribution in [0, 0.1) is 5.92 Å². The molecular formula is C17H21F3N4O3S. The minimum atomic E-state index is -4.51. The van der Waals surface area contributed by atoms with Crippen molar-refractivity contribution >= 4 is 16.0 Å². The molecule has 0 radical (unpaired) electrons. The molecule has 0 unspecified atom stereocenters. The van der Waals surface area contributed by atoms with Crippen molar-refractivity contribution < 1.29 is 26.1 Å². The molecule has 0 amide bonds. The number of anilines is 1. The van der Waals surface area contributed by atoms with E-state index in [0.29, 0.717) is 6.54 Å². The van der Waals surface area contributed by atoms with Crippen LogP contribution < -0.4 is 10.0 Å². The van der Waals surface area contributed by atoms with Gasteiger partial charge in [-0.05, 0) is 37.7 Å². The molecule has 1 aliphatic rings. The highest BCUT2D eigenvalue weighted by Crippen LogP contribution is 2.36. The quantitative estimate of drug-likeness (QED) is 0.747. The van der Waals surface area contributed by atoms with Gasteiger partial charge in [-0.25, -0.2) is 13.1 Å². The van der Waals surface area contributed by atoms with E-state index in [1.807, 2.05) is 0 Å². The Morgan fingerprint density at radius 3 is 2.50 bits per heavy atom. The largest absolute Gasteiger partial charge is 0.417 e. The number of nitrogens with one attached hydrogen (secondary N) is 2. The van der Waals surface area contributed by atoms with Gasteiger partial charge in [0, 0.05) is 18.2 Å². The minimum absolute atomic E-state index is 0.0423. The maximum absolute atomic E-state index is 13.1. The normalized spacial score (nSPS) is 20.9. The molecule has 0 atom stereocenters. The van der Waals surface area contributed by atoms with E-state index >= 15 is 0 Å². The summed E-state index contributed by atoms with van der Waals surface area (Å²) in [4.78, 5) is 4.06. The monoisotopic (exact) mass is 418 g/mol. The molecule has 0 bridgehead atoms. The van der Waals surface area contributed by atoms with Gasteiger partial charge in [0.15, 0.2) is 0 Å². The molecule has 0 aliphatic heterocycles. The summed E-state index contributed by atoms with van der Waals surface area (Å²) in [5.41, 5.74) is -0.955. The van der Waals surface area contributed by atoms with Gasteiger partial charge in [0.05, 0.1) is 11.8 Å². The Morgan fingerprint density at radius 1 is 1.18 bits per heavy atom. The second-order valence-corrected chi connectivity index (χ2v) is 8.78. The van der Waals surface area contributed by atoms with E-state index in [1.54, 1.807) is 0 Å². The molecule has 1 heterocycles. The average molecular weight is 418 g/mol. The Morgan fingerprint density at radius 2 is 1.86 bits per heavy atom. The summed E-state index contributed by atoms with van der Waals surface area (Å²) in [5.74, 6) is 0.131. The number of benzene rings is 1. The van der Waals surface area contributed by atoms with Crippen molar-refractivity contribution in [3.63, 3.8) is 0 Å². The molecule has 0 saturated heterocycles. The first-order valence-electron chi connectivity index (χ1n) is 8.83. The van der Waals surface area contributed by atoms with Crippen LogP contribution in [-0.4, -0.2) is 37.4 Å². The van der Waals surface area contributed by atoms with Crippen molar-refractivity contribution in [2.24, 2.45) is 5.92 Å². The van der Waals surface area contributed by atoms with E-state index in [1.165, 1.54) is 18.2 Å². The van der Waals surface area contributed by atoms with Crippen molar-refractivity contribution in [1.82, 2.24) is 14.9 Å². The SMILES string of the molecule is CS(=O)(=O)NCC1CCC(Nc2nc(-c3ccccc3C(F)(F)F)no2)CC1. The van der Waals surface area contributed by atoms with Gasteiger partial charge in [0.1, 0.15) is 0 Å². The molecule has 0 spiro atoms. The lowest BCUT2D eigenvalue weighted by Gasteiger charge is -2.28. The number of rotatable bonds is 6. The lowest BCUT2D eigenvalue weighted by atomic mass is 9.86. The highest BCUT2D eigenvalue weighted by molar-refractivity contribution is 7.88. The molecule has 1 aliphatic carbocycles. The fraction of sp³-hybridized carbons (Fsp3) is 0.529. The van der Waals surface area contributed by atoms with Gasteiger partial charge in [0.25, 0.3) is 0 Å². The van der Waals surface area contributed by atoms with Gasteiger partial charge >= 0.3 is 12.2 Å². The van der Waals surface area contributed by atoms with Crippen LogP contribution in [0.3, 0.4) is 0 Å². The third-order valence-electron chi connectivity index (χ3n) is 4.71. The Kier molecular flexibility index (Phi) is 5.94. The predicted octanol–water partition coefficient (Wildman–Crippen LogP) is 3.28. The van der Waals surface area contributed by atoms with Crippen LogP contribution in [0.15, 0.2) is 28.8 Å². The van der Waals surface area contributed by atoms with Crippen molar-refractivity contribution in [2.45, 2.75) is 37.9 Å². The molecule has 2 N–H and O–H groups in total. The molecule has 7 nitrogen and oxygen atoms in total. The zero-order valence-electron chi connectivity index (χ0n) is 15.2. The summed E-state index contributed by atoms with van der Waals surface area (Å²) in [7, 11) is -3.20. The Bertz CT molecular complexity index is 906. The van der Waals surface area contributed by atoms with Crippen LogP contribution in [0.5, 0.6) is 0 Å². The number of hydrogen-bond acceptors (Lipinski definition) is 6. The summed E-state index contributed by atoms with van der Waals surface area (Å²) in [6.07, 6.45) is -0.205. The molecule has 1 saturated carbocycles. The molecule has 28 heavy (non-hydrogen) atoms. The second kappa shape index (κ2) is 8.08. The molecule has 154 valence electrons. The van der Waals surface area contributed by atoms with E-state index in [2.05, 4.69) is 20.2 Å². The van der Waals surface area contributed by atoms with E-state index in [-0.39, 0.29) is 29.4 Å². The van der Waals surface area contributed by atoms with Gasteiger partial charge in [-0.1, -0.05) is 23.4 Å². The first-order chi connectivity index (χ1) is 13.1. The van der Waals surface area contributed by atoms with Gasteiger partial charge in [-0.2, -0.15) is 18.2 Å². The van der Waals surface area contributed by atoms with Gasteiger partial charge in [-0.15, -0.1) is 0 Å². The summed E-state index contributed by atoms with van der Waals surface area (Å²) in [5, 5.41) is 6.73. The van der Waals surface area contributed by atoms with Crippen molar-refractivity contribution in [3.8, 4) is 11.4 Å². The van der Waals surface area contributed by atoms with Gasteiger partial charge < -0.3 is 9.84 Å². The molecule has 2 aromatic rings. The second-order valence-electron chi connectivity index (χ2n) is 6.95. The van der Waals surface area contributed by atoms with Gasteiger partial charge in [-0.3, -0.25) is 0 Å². The van der Waals surface area contributed by atoms with Crippen LogP contribution in [0.25, 0.3) is 11.4 Å². The van der Waals surface area contributed by atoms with E-state index in [4.69, 9.17) is 4.52 Å². The van der Waals surface area contributed by atoms with Crippen LogP contribution in [0.1, 0.15) is 31.2 Å². The smallest absolute Gasteiger partial charge is 0.335 e. The lowest BCUT2D eigenvalue weighted by molar-refractivity contribution is -0.137. The lowest BCUT2D eigenvalue weighted by Crippen LogP contribution is -2.33. The number of sulfonamides is 1. The maximum atomic E-state index is 13.1. The average Bonchev–Trinajstić information content (AvgIpc) is 3.08. The Labute approximate surface area is 160 Å². The standard InChI is InChI=1S/C17H21F3N4O3S/c1-28(25,26)21-10-11-6-8-12(9-7-11)22-16-23-15(24-27-16)13-4-2-3-5-14(13)17(18,19)20/h2-5,11-12,21H,6-10H2,1H3,(H,22,23,24). The fourth-order valence-corrected chi connectivity index (χ4v) is 3.81. The van der Waals surface area contributed by atoms with Crippen LogP contribution >= 0.6 is 0 Å². The molecular weight excluding hydrogens is 397 g/mol. The third kappa shape index (κ3) is 5.44. The topological polar surface area (TPSA) is 97.1 Å². The number of aromatic nitrogens is 2. The van der Waals surface area contributed by atoms with E-state index < -0.39 is 21.8 Å². The maximum Gasteiger partial charge on any atom is 0.417 e. The highest BCUT2D eigenvalue weighted by atomic mass is 32.2. The molecule has 1 aromatic carbocycles. The van der Waals surface area contributed by atoms with Crippen LogP contribution in [-0.2, 0) is 16.2 Å². The molecule has 3 rings (SSSR count). The molecule has 1 fully saturated rings. The summed E-state index contributed by atoms with van der Waals surface area (Å²) >= 11 is 0. The van der Waals surface area contributed by atoms with Crippen LogP contribution in [0.2, 0.25) is 0 Å². The first-order valence-corrected chi connectivity index (χ1v) is 10.7. The number of alkyl halides is 3. The molecule has 1 aromatic heterocycles. The van der Waals surface area contributed by atoms with Crippen molar-refractivity contribution in [3.05, 3.63) is 29.8 Å². The molecule has 11 heteroatoms. The zero-order valence-corrected chi connectivity index (χ0v) is 16.0. The predicted molar refractivity (Wildman–Crippen MR) is 97.0 cm³/mol. The zero-order chi connectivity index (χ0) is 20.4. The number of nitrogens with zero attached hydrogens (tertiary/aromatic N) is 2. The minimum Gasteiger partial charge on any atom is -0.335 e. The summed E-state index contributed by atoms with van der Waals surface area (Å²) < 4.78 is 69.3. The number of hydrogen-bond donors (Lipinski definition) is 2. The van der Waals surface area contributed by atoms with Crippen molar-refractivity contribution in [2.75, 3.05) is 18.1 Å². The Hall–Kier alpha value is -2.14. The van der Waals surface area contributed by atoms with Crippen LogP contribution in [0.4, 0.5) is 19.2 Å². The van der Waals surface area contributed by atoms with E-state index in [9.17, 15) is 21.6 Å². The van der Waals surface area contributed by atoms with E-state index in [0.717, 1.165) is 38.0 Å². The summed E-state index contributed by atoms with van der Waals surface area (Å²) in [6, 6.07) is 5.19. The first kappa shape index (κ1) is 20.6. The third-order valence-corrected chi connectivity index (χ3v) is 5.40. The summed E-state index contributed by atoms with van der Waals surface area (Å²) in [6.45, 7) is 0.407. The van der Waals surface area contributed by atoms with Crippen molar-refractivity contribution in [1.29, 1.82) is 0 Å². The number of halogens is 3. The fourth-order valence-electron chi connectivity index (χ4n) is 3.27.